The number of nitrogens with zero attached hydrogens (tertiary/aromatic N) is 2. The van der Waals surface area contributed by atoms with Crippen LogP contribution in [0.1, 0.15) is 32.1 Å². The fourth-order valence-electron chi connectivity index (χ4n) is 2.52. The van der Waals surface area contributed by atoms with Gasteiger partial charge in [0.25, 0.3) is 0 Å². The van der Waals surface area contributed by atoms with Crippen molar-refractivity contribution < 1.29 is 0 Å². The number of likely N-dealkylation sites (tertiary alicyclic amines) is 1. The fraction of sp³-hybridized carbons (Fsp3) is 1.00. The van der Waals surface area contributed by atoms with Gasteiger partial charge in [0.2, 0.25) is 0 Å². The van der Waals surface area contributed by atoms with E-state index in [-0.39, 0.29) is 0 Å². The molecule has 2 rings (SSSR count). The largest absolute Gasteiger partial charge is 0.310 e. The normalized spacial score (nSPS) is 26.8. The fourth-order valence-corrected chi connectivity index (χ4v) is 2.52. The monoisotopic (exact) mass is 225 g/mol. The summed E-state index contributed by atoms with van der Waals surface area (Å²) in [6, 6.07) is 1.67. The Morgan fingerprint density at radius 2 is 1.94 bits per heavy atom. The van der Waals surface area contributed by atoms with Crippen molar-refractivity contribution in [2.75, 3.05) is 40.3 Å². The first-order chi connectivity index (χ1) is 7.74. The number of hydrogen-bond donors (Lipinski definition) is 1. The summed E-state index contributed by atoms with van der Waals surface area (Å²) in [5, 5.41) is 3.74. The van der Waals surface area contributed by atoms with Gasteiger partial charge in [-0.05, 0) is 65.8 Å². The summed E-state index contributed by atoms with van der Waals surface area (Å²) in [4.78, 5) is 4.91. The van der Waals surface area contributed by atoms with Gasteiger partial charge < -0.3 is 15.1 Å². The number of rotatable bonds is 7. The van der Waals surface area contributed by atoms with E-state index in [2.05, 4.69) is 29.2 Å². The van der Waals surface area contributed by atoms with Crippen LogP contribution in [0.5, 0.6) is 0 Å². The Balaban J connectivity index is 1.50. The molecule has 1 atom stereocenters. The van der Waals surface area contributed by atoms with Gasteiger partial charge in [0, 0.05) is 18.6 Å². The lowest BCUT2D eigenvalue weighted by Gasteiger charge is -2.17. The summed E-state index contributed by atoms with van der Waals surface area (Å²) >= 11 is 0. The van der Waals surface area contributed by atoms with Crippen LogP contribution in [-0.2, 0) is 0 Å². The van der Waals surface area contributed by atoms with Crippen LogP contribution in [0.25, 0.3) is 0 Å². The van der Waals surface area contributed by atoms with Crippen molar-refractivity contribution in [1.82, 2.24) is 15.1 Å². The van der Waals surface area contributed by atoms with Gasteiger partial charge in [-0.25, -0.2) is 0 Å². The summed E-state index contributed by atoms with van der Waals surface area (Å²) in [6.45, 7) is 5.14. The van der Waals surface area contributed by atoms with Crippen LogP contribution in [0, 0.1) is 0 Å². The minimum atomic E-state index is 0.793. The average Bonchev–Trinajstić information content (AvgIpc) is 2.92. The van der Waals surface area contributed by atoms with Gasteiger partial charge in [-0.2, -0.15) is 0 Å². The second-order valence-electron chi connectivity index (χ2n) is 5.74. The molecule has 0 amide bonds. The quantitative estimate of drug-likeness (QED) is 0.656. The van der Waals surface area contributed by atoms with E-state index < -0.39 is 0 Å². The van der Waals surface area contributed by atoms with Crippen molar-refractivity contribution in [3.05, 3.63) is 0 Å². The third-order valence-electron chi connectivity index (χ3n) is 3.65. The maximum absolute atomic E-state index is 3.74. The molecule has 1 heterocycles. The first-order valence-corrected chi connectivity index (χ1v) is 6.87. The third-order valence-corrected chi connectivity index (χ3v) is 3.65. The Hall–Kier alpha value is -0.120. The van der Waals surface area contributed by atoms with Crippen LogP contribution >= 0.6 is 0 Å². The van der Waals surface area contributed by atoms with Crippen molar-refractivity contribution >= 4 is 0 Å². The Kier molecular flexibility index (Phi) is 4.62. The van der Waals surface area contributed by atoms with E-state index in [0.29, 0.717) is 0 Å². The van der Waals surface area contributed by atoms with Crippen molar-refractivity contribution in [1.29, 1.82) is 0 Å². The first kappa shape index (κ1) is 12.3. The lowest BCUT2D eigenvalue weighted by atomic mass is 10.2. The molecule has 3 heteroatoms. The van der Waals surface area contributed by atoms with Gasteiger partial charge in [-0.3, -0.25) is 0 Å². The summed E-state index contributed by atoms with van der Waals surface area (Å²) in [5.74, 6) is 0. The predicted molar refractivity (Wildman–Crippen MR) is 68.8 cm³/mol. The molecule has 2 fully saturated rings. The summed E-state index contributed by atoms with van der Waals surface area (Å²) < 4.78 is 0. The zero-order valence-electron chi connectivity index (χ0n) is 10.9. The molecule has 94 valence electrons. The molecule has 1 N–H and O–H groups in total. The average molecular weight is 225 g/mol. The molecule has 0 aromatic carbocycles. The zero-order valence-corrected chi connectivity index (χ0v) is 10.9. The highest BCUT2D eigenvalue weighted by atomic mass is 15.2. The number of hydrogen-bond acceptors (Lipinski definition) is 3. The molecule has 1 saturated carbocycles. The Bertz CT molecular complexity index is 201. The molecule has 1 aliphatic carbocycles. The molecule has 1 aliphatic heterocycles. The maximum atomic E-state index is 3.74. The Morgan fingerprint density at radius 3 is 2.62 bits per heavy atom. The van der Waals surface area contributed by atoms with Gasteiger partial charge in [0.15, 0.2) is 0 Å². The minimum Gasteiger partial charge on any atom is -0.310 e. The van der Waals surface area contributed by atoms with E-state index in [1.807, 2.05) is 0 Å². The van der Waals surface area contributed by atoms with E-state index >= 15 is 0 Å². The van der Waals surface area contributed by atoms with Crippen LogP contribution in [0.15, 0.2) is 0 Å². The molecular weight excluding hydrogens is 198 g/mol. The van der Waals surface area contributed by atoms with Crippen LogP contribution in [-0.4, -0.2) is 62.2 Å². The Morgan fingerprint density at radius 1 is 1.12 bits per heavy atom. The predicted octanol–water partition coefficient (Wildman–Crippen LogP) is 1.15. The van der Waals surface area contributed by atoms with Gasteiger partial charge in [-0.1, -0.05) is 0 Å². The lowest BCUT2D eigenvalue weighted by molar-refractivity contribution is 0.306. The first-order valence-electron chi connectivity index (χ1n) is 6.87. The van der Waals surface area contributed by atoms with E-state index in [9.17, 15) is 0 Å². The molecule has 0 aromatic heterocycles. The van der Waals surface area contributed by atoms with Gasteiger partial charge in [0.1, 0.15) is 0 Å². The third kappa shape index (κ3) is 4.40. The number of nitrogens with one attached hydrogen (secondary N) is 1. The summed E-state index contributed by atoms with van der Waals surface area (Å²) in [7, 11) is 4.32. The molecule has 0 spiro atoms. The van der Waals surface area contributed by atoms with Crippen LogP contribution in [0.3, 0.4) is 0 Å². The smallest absolute Gasteiger partial charge is 0.0209 e. The highest BCUT2D eigenvalue weighted by Gasteiger charge is 2.28. The topological polar surface area (TPSA) is 18.5 Å². The van der Waals surface area contributed by atoms with E-state index in [0.717, 1.165) is 12.1 Å². The number of unbranched alkanes of at least 4 members (excludes halogenated alkanes) is 1. The van der Waals surface area contributed by atoms with E-state index in [1.54, 1.807) is 0 Å². The second-order valence-corrected chi connectivity index (χ2v) is 5.74. The highest BCUT2D eigenvalue weighted by Crippen LogP contribution is 2.21. The van der Waals surface area contributed by atoms with Crippen LogP contribution in [0.4, 0.5) is 0 Å². The van der Waals surface area contributed by atoms with Crippen molar-refractivity contribution in [2.24, 2.45) is 0 Å². The standard InChI is InChI=1S/C13H27N3/c1-15(2)8-3-4-9-16-10-7-13(11-16)14-12-5-6-12/h12-14H,3-11H2,1-2H3. The second kappa shape index (κ2) is 5.99. The lowest BCUT2D eigenvalue weighted by Crippen LogP contribution is -2.34. The molecular formula is C13H27N3. The molecule has 0 bridgehead atoms. The molecule has 16 heavy (non-hydrogen) atoms. The van der Waals surface area contributed by atoms with E-state index in [1.165, 1.54) is 58.3 Å². The van der Waals surface area contributed by atoms with Gasteiger partial charge in [0.05, 0.1) is 0 Å². The molecule has 3 nitrogen and oxygen atoms in total. The minimum absolute atomic E-state index is 0.793. The molecule has 1 saturated heterocycles. The zero-order chi connectivity index (χ0) is 11.4. The van der Waals surface area contributed by atoms with Gasteiger partial charge in [-0.15, -0.1) is 0 Å². The summed E-state index contributed by atoms with van der Waals surface area (Å²) in [6.07, 6.45) is 6.89. The van der Waals surface area contributed by atoms with Crippen LogP contribution < -0.4 is 5.32 Å². The van der Waals surface area contributed by atoms with Gasteiger partial charge >= 0.3 is 0 Å². The molecule has 1 unspecified atom stereocenters. The summed E-state index contributed by atoms with van der Waals surface area (Å²) in [5.41, 5.74) is 0. The van der Waals surface area contributed by atoms with Crippen molar-refractivity contribution in [3.63, 3.8) is 0 Å². The molecule has 0 radical (unpaired) electrons. The molecule has 0 aromatic rings. The Labute approximate surface area is 100 Å². The van der Waals surface area contributed by atoms with Crippen molar-refractivity contribution in [3.8, 4) is 0 Å². The maximum Gasteiger partial charge on any atom is 0.0209 e. The van der Waals surface area contributed by atoms with Crippen molar-refractivity contribution in [2.45, 2.75) is 44.2 Å². The SMILES string of the molecule is CN(C)CCCCN1CCC(NC2CC2)C1. The van der Waals surface area contributed by atoms with Crippen LogP contribution in [0.2, 0.25) is 0 Å². The van der Waals surface area contributed by atoms with E-state index in [4.69, 9.17) is 0 Å². The highest BCUT2D eigenvalue weighted by molar-refractivity contribution is 4.89. The molecule has 2 aliphatic rings.